The quantitative estimate of drug-likeness (QED) is 0.662. The van der Waals surface area contributed by atoms with Gasteiger partial charge in [0.1, 0.15) is 6.04 Å². The van der Waals surface area contributed by atoms with Crippen molar-refractivity contribution >= 4 is 21.7 Å². The molecule has 1 atom stereocenters. The third-order valence-electron chi connectivity index (χ3n) is 5.13. The maximum atomic E-state index is 12.8. The topological polar surface area (TPSA) is 105 Å². The van der Waals surface area contributed by atoms with E-state index >= 15 is 0 Å². The van der Waals surface area contributed by atoms with Crippen molar-refractivity contribution in [3.63, 3.8) is 0 Å². The second kappa shape index (κ2) is 8.89. The van der Waals surface area contributed by atoms with Gasteiger partial charge in [0, 0.05) is 31.7 Å². The Kier molecular flexibility index (Phi) is 6.51. The number of quaternary nitrogens is 1. The predicted molar refractivity (Wildman–Crippen MR) is 106 cm³/mol. The van der Waals surface area contributed by atoms with Crippen molar-refractivity contribution in [2.75, 3.05) is 32.7 Å². The minimum atomic E-state index is -3.65. The fraction of sp³-hybridized carbons (Fsp3) is 0.400. The highest BCUT2D eigenvalue weighted by atomic mass is 32.2. The van der Waals surface area contributed by atoms with Gasteiger partial charge in [-0.3, -0.25) is 9.59 Å². The number of ketones is 1. The number of nitrogens with zero attached hydrogens (tertiary/aromatic N) is 2. The minimum Gasteiger partial charge on any atom is -0.463 e. The van der Waals surface area contributed by atoms with E-state index < -0.39 is 10.0 Å². The van der Waals surface area contributed by atoms with E-state index in [2.05, 4.69) is 0 Å². The van der Waals surface area contributed by atoms with Crippen molar-refractivity contribution in [3.8, 4) is 0 Å². The monoisotopic (exact) mass is 420 g/mol. The Balaban J connectivity index is 1.53. The van der Waals surface area contributed by atoms with E-state index in [0.29, 0.717) is 18.7 Å². The van der Waals surface area contributed by atoms with Crippen LogP contribution in [0.15, 0.2) is 52.0 Å². The van der Waals surface area contributed by atoms with Crippen LogP contribution < -0.4 is 5.32 Å². The lowest BCUT2D eigenvalue weighted by atomic mass is 10.2. The summed E-state index contributed by atoms with van der Waals surface area (Å²) in [5.74, 6) is 0.676. The Morgan fingerprint density at radius 3 is 2.31 bits per heavy atom. The van der Waals surface area contributed by atoms with E-state index in [4.69, 9.17) is 4.42 Å². The van der Waals surface area contributed by atoms with Gasteiger partial charge in [0.15, 0.2) is 18.1 Å². The molecule has 0 bridgehead atoms. The van der Waals surface area contributed by atoms with Gasteiger partial charge in [0.2, 0.25) is 10.0 Å². The number of hydrogen-bond acceptors (Lipinski definition) is 5. The van der Waals surface area contributed by atoms with Crippen molar-refractivity contribution in [1.29, 1.82) is 0 Å². The van der Waals surface area contributed by atoms with Crippen LogP contribution in [0.3, 0.4) is 0 Å². The third kappa shape index (κ3) is 4.92. The van der Waals surface area contributed by atoms with Crippen LogP contribution in [0.1, 0.15) is 36.0 Å². The molecular formula is C20H26N3O5S+. The maximum absolute atomic E-state index is 12.8. The van der Waals surface area contributed by atoms with Gasteiger partial charge in [0.05, 0.1) is 11.2 Å². The van der Waals surface area contributed by atoms with E-state index in [1.54, 1.807) is 11.2 Å². The number of hydrogen-bond donors (Lipinski definition) is 1. The van der Waals surface area contributed by atoms with Gasteiger partial charge in [-0.2, -0.15) is 4.31 Å². The number of carbonyl (C=O) groups is 2. The maximum Gasteiger partial charge on any atom is 0.277 e. The molecule has 1 saturated heterocycles. The molecule has 1 aromatic carbocycles. The minimum absolute atomic E-state index is 0.0220. The highest BCUT2D eigenvalue weighted by Crippen LogP contribution is 2.18. The highest BCUT2D eigenvalue weighted by molar-refractivity contribution is 7.89. The lowest BCUT2D eigenvalue weighted by Crippen LogP contribution is -2.87. The van der Waals surface area contributed by atoms with Crippen molar-refractivity contribution in [2.45, 2.75) is 24.8 Å². The van der Waals surface area contributed by atoms with Crippen molar-refractivity contribution in [3.05, 3.63) is 54.0 Å². The van der Waals surface area contributed by atoms with Crippen molar-refractivity contribution in [1.82, 2.24) is 9.21 Å². The lowest BCUT2D eigenvalue weighted by molar-refractivity contribution is -0.685. The van der Waals surface area contributed by atoms with Crippen molar-refractivity contribution < 1.29 is 27.7 Å². The molecule has 1 aromatic heterocycles. The third-order valence-corrected chi connectivity index (χ3v) is 7.04. The summed E-state index contributed by atoms with van der Waals surface area (Å²) in [5, 5.41) is 1.90. The second-order valence-corrected chi connectivity index (χ2v) is 9.05. The number of rotatable bonds is 7. The van der Waals surface area contributed by atoms with Crippen molar-refractivity contribution in [2.24, 2.45) is 0 Å². The van der Waals surface area contributed by atoms with Gasteiger partial charge < -0.3 is 14.6 Å². The largest absolute Gasteiger partial charge is 0.463 e. The Hall–Kier alpha value is -2.49. The first-order valence-corrected chi connectivity index (χ1v) is 11.0. The molecule has 0 aliphatic carbocycles. The number of furan rings is 1. The zero-order chi connectivity index (χ0) is 21.0. The van der Waals surface area contributed by atoms with E-state index in [-0.39, 0.29) is 42.3 Å². The van der Waals surface area contributed by atoms with E-state index in [1.807, 2.05) is 24.4 Å². The molecule has 1 aliphatic heterocycles. The van der Waals surface area contributed by atoms with Gasteiger partial charge in [-0.05, 0) is 38.1 Å². The van der Waals surface area contributed by atoms with E-state index in [1.165, 1.54) is 35.5 Å². The van der Waals surface area contributed by atoms with Gasteiger partial charge in [0.25, 0.3) is 5.91 Å². The normalized spacial score (nSPS) is 16.6. The molecule has 3 rings (SSSR count). The first-order valence-electron chi connectivity index (χ1n) is 9.54. The summed E-state index contributed by atoms with van der Waals surface area (Å²) < 4.78 is 32.3. The molecule has 156 valence electrons. The molecule has 2 aromatic rings. The molecule has 1 amide bonds. The highest BCUT2D eigenvalue weighted by Gasteiger charge is 2.30. The van der Waals surface area contributed by atoms with Gasteiger partial charge >= 0.3 is 0 Å². The molecule has 2 N–H and O–H groups in total. The van der Waals surface area contributed by atoms with Crippen LogP contribution >= 0.6 is 0 Å². The molecule has 8 nitrogen and oxygen atoms in total. The summed E-state index contributed by atoms with van der Waals surface area (Å²) in [7, 11) is -3.65. The van der Waals surface area contributed by atoms with Crippen LogP contribution in [-0.4, -0.2) is 62.0 Å². The van der Waals surface area contributed by atoms with Gasteiger partial charge in [-0.15, -0.1) is 0 Å². The molecular weight excluding hydrogens is 394 g/mol. The molecule has 1 aliphatic rings. The van der Waals surface area contributed by atoms with Crippen LogP contribution in [0.2, 0.25) is 0 Å². The number of amides is 1. The van der Waals surface area contributed by atoms with Crippen LogP contribution in [0.5, 0.6) is 0 Å². The number of benzene rings is 1. The molecule has 0 radical (unpaired) electrons. The summed E-state index contributed by atoms with van der Waals surface area (Å²) in [6, 6.07) is 9.67. The Bertz CT molecular complexity index is 947. The Morgan fingerprint density at radius 1 is 1.10 bits per heavy atom. The number of Topliss-reactive ketones (excluding diaryl/α,β-unsaturated/α-hetero) is 1. The lowest BCUT2D eigenvalue weighted by Gasteiger charge is -2.33. The van der Waals surface area contributed by atoms with Crippen LogP contribution in [0.25, 0.3) is 0 Å². The summed E-state index contributed by atoms with van der Waals surface area (Å²) in [5.41, 5.74) is 0.472. The molecule has 29 heavy (non-hydrogen) atoms. The Morgan fingerprint density at radius 2 is 1.76 bits per heavy atom. The molecule has 0 spiro atoms. The number of carbonyl (C=O) groups excluding carboxylic acids is 2. The summed E-state index contributed by atoms with van der Waals surface area (Å²) in [6.45, 7) is 4.88. The first-order chi connectivity index (χ1) is 13.8. The number of sulfonamides is 1. The molecule has 2 heterocycles. The van der Waals surface area contributed by atoms with Gasteiger partial charge in [-0.1, -0.05) is 12.1 Å². The summed E-state index contributed by atoms with van der Waals surface area (Å²) in [4.78, 5) is 25.7. The van der Waals surface area contributed by atoms with Crippen LogP contribution in [-0.2, 0) is 14.8 Å². The zero-order valence-electron chi connectivity index (χ0n) is 16.6. The number of nitrogens with two attached hydrogens (primary N) is 1. The molecule has 0 saturated carbocycles. The second-order valence-electron chi connectivity index (χ2n) is 7.11. The summed E-state index contributed by atoms with van der Waals surface area (Å²) >= 11 is 0. The van der Waals surface area contributed by atoms with E-state index in [9.17, 15) is 18.0 Å². The van der Waals surface area contributed by atoms with Gasteiger partial charge in [-0.25, -0.2) is 8.42 Å². The fourth-order valence-electron chi connectivity index (χ4n) is 3.26. The fourth-order valence-corrected chi connectivity index (χ4v) is 4.68. The molecule has 0 unspecified atom stereocenters. The smallest absolute Gasteiger partial charge is 0.277 e. The van der Waals surface area contributed by atoms with Crippen LogP contribution in [0.4, 0.5) is 0 Å². The Labute approximate surface area is 170 Å². The first kappa shape index (κ1) is 21.2. The predicted octanol–water partition coefficient (Wildman–Crippen LogP) is 0.640. The standard InChI is InChI=1S/C20H25N3O5S/c1-15(19-4-3-13-28-19)21-14-20(25)22-9-11-23(12-10-22)29(26,27)18-7-5-17(6-8-18)16(2)24/h3-8,13,15,21H,9-12,14H2,1-2H3/p+1/t15-/m0/s1. The molecule has 9 heteroatoms. The van der Waals surface area contributed by atoms with E-state index in [0.717, 1.165) is 5.76 Å². The summed E-state index contributed by atoms with van der Waals surface area (Å²) in [6.07, 6.45) is 1.61. The number of piperazine rings is 1. The average molecular weight is 421 g/mol. The zero-order valence-corrected chi connectivity index (χ0v) is 17.4. The van der Waals surface area contributed by atoms with Crippen LogP contribution in [0, 0.1) is 0 Å². The average Bonchev–Trinajstić information content (AvgIpc) is 3.27. The SMILES string of the molecule is CC(=O)c1ccc(S(=O)(=O)N2CCN(C(=O)C[NH2+][C@@H](C)c3ccco3)CC2)cc1. The molecule has 1 fully saturated rings.